The highest BCUT2D eigenvalue weighted by atomic mass is 16.5. The number of nitrogens with two attached hydrogens (primary N) is 1. The monoisotopic (exact) mass is 258 g/mol. The van der Waals surface area contributed by atoms with Gasteiger partial charge in [0.25, 0.3) is 0 Å². The molecule has 0 fully saturated rings. The lowest BCUT2D eigenvalue weighted by molar-refractivity contribution is 0.0598. The lowest BCUT2D eigenvalue weighted by Crippen LogP contribution is -2.05. The van der Waals surface area contributed by atoms with E-state index in [1.807, 2.05) is 31.2 Å². The van der Waals surface area contributed by atoms with Gasteiger partial charge in [-0.05, 0) is 25.1 Å². The highest BCUT2D eigenvalue weighted by Crippen LogP contribution is 2.26. The molecule has 0 aliphatic carbocycles. The van der Waals surface area contributed by atoms with Crippen molar-refractivity contribution in [2.45, 2.75) is 6.92 Å². The SMILES string of the molecule is COC(=O)c1cc(N)ncc1Oc1ccc(C)cc1. The molecule has 19 heavy (non-hydrogen) atoms. The van der Waals surface area contributed by atoms with E-state index in [1.54, 1.807) is 0 Å². The minimum atomic E-state index is -0.517. The smallest absolute Gasteiger partial charge is 0.341 e. The van der Waals surface area contributed by atoms with Crippen LogP contribution in [-0.4, -0.2) is 18.1 Å². The molecule has 1 aromatic heterocycles. The number of carbonyl (C=O) groups is 1. The Balaban J connectivity index is 2.34. The molecular formula is C14H14N2O3. The Morgan fingerprint density at radius 2 is 1.95 bits per heavy atom. The molecule has 0 atom stereocenters. The highest BCUT2D eigenvalue weighted by molar-refractivity contribution is 5.93. The molecule has 1 heterocycles. The van der Waals surface area contributed by atoms with Crippen molar-refractivity contribution in [3.8, 4) is 11.5 Å². The number of hydrogen-bond acceptors (Lipinski definition) is 5. The normalized spacial score (nSPS) is 10.0. The number of ether oxygens (including phenoxy) is 2. The summed E-state index contributed by atoms with van der Waals surface area (Å²) in [7, 11) is 1.30. The molecule has 0 saturated heterocycles. The van der Waals surface area contributed by atoms with Gasteiger partial charge in [-0.15, -0.1) is 0 Å². The molecule has 0 bridgehead atoms. The van der Waals surface area contributed by atoms with E-state index in [0.717, 1.165) is 5.56 Å². The van der Waals surface area contributed by atoms with Gasteiger partial charge in [0, 0.05) is 0 Å². The molecule has 0 aliphatic rings. The number of benzene rings is 1. The van der Waals surface area contributed by atoms with Gasteiger partial charge < -0.3 is 15.2 Å². The summed E-state index contributed by atoms with van der Waals surface area (Å²) in [6.45, 7) is 1.98. The van der Waals surface area contributed by atoms with E-state index in [4.69, 9.17) is 10.5 Å². The second-order valence-electron chi connectivity index (χ2n) is 4.01. The second kappa shape index (κ2) is 5.39. The van der Waals surface area contributed by atoms with Gasteiger partial charge in [0.15, 0.2) is 5.75 Å². The molecule has 98 valence electrons. The first-order valence-electron chi connectivity index (χ1n) is 5.68. The summed E-state index contributed by atoms with van der Waals surface area (Å²) in [6.07, 6.45) is 1.40. The maximum absolute atomic E-state index is 11.6. The van der Waals surface area contributed by atoms with Crippen LogP contribution >= 0.6 is 0 Å². The molecule has 0 unspecified atom stereocenters. The van der Waals surface area contributed by atoms with E-state index in [9.17, 15) is 4.79 Å². The average Bonchev–Trinajstić information content (AvgIpc) is 2.42. The van der Waals surface area contributed by atoms with Crippen LogP contribution in [0.1, 0.15) is 15.9 Å². The first kappa shape index (κ1) is 12.9. The molecule has 0 saturated carbocycles. The summed E-state index contributed by atoms with van der Waals surface area (Å²) in [6, 6.07) is 8.88. The third-order valence-electron chi connectivity index (χ3n) is 2.54. The van der Waals surface area contributed by atoms with E-state index in [0.29, 0.717) is 11.5 Å². The summed E-state index contributed by atoms with van der Waals surface area (Å²) >= 11 is 0. The molecule has 2 rings (SSSR count). The Labute approximate surface area is 111 Å². The Morgan fingerprint density at radius 1 is 1.26 bits per heavy atom. The molecule has 0 spiro atoms. The van der Waals surface area contributed by atoms with Crippen molar-refractivity contribution < 1.29 is 14.3 Å². The second-order valence-corrected chi connectivity index (χ2v) is 4.01. The Kier molecular flexibility index (Phi) is 3.66. The number of aryl methyl sites for hydroxylation is 1. The summed E-state index contributed by atoms with van der Waals surface area (Å²) in [5.74, 6) is 0.639. The molecule has 0 radical (unpaired) electrons. The molecule has 2 aromatic rings. The molecule has 1 aromatic carbocycles. The van der Waals surface area contributed by atoms with Crippen LogP contribution in [0.2, 0.25) is 0 Å². The Morgan fingerprint density at radius 3 is 2.58 bits per heavy atom. The fraction of sp³-hybridized carbons (Fsp3) is 0.143. The third kappa shape index (κ3) is 3.01. The van der Waals surface area contributed by atoms with Crippen LogP contribution in [-0.2, 0) is 4.74 Å². The fourth-order valence-electron chi connectivity index (χ4n) is 1.54. The number of esters is 1. The number of rotatable bonds is 3. The Hall–Kier alpha value is -2.56. The van der Waals surface area contributed by atoms with Crippen LogP contribution in [0.25, 0.3) is 0 Å². The van der Waals surface area contributed by atoms with Crippen LogP contribution in [0.3, 0.4) is 0 Å². The number of anilines is 1. The van der Waals surface area contributed by atoms with Crippen LogP contribution in [0.5, 0.6) is 11.5 Å². The lowest BCUT2D eigenvalue weighted by Gasteiger charge is -2.10. The lowest BCUT2D eigenvalue weighted by atomic mass is 10.2. The van der Waals surface area contributed by atoms with E-state index < -0.39 is 5.97 Å². The van der Waals surface area contributed by atoms with Gasteiger partial charge in [-0.1, -0.05) is 17.7 Å². The number of methoxy groups -OCH3 is 1. The largest absolute Gasteiger partial charge is 0.465 e. The van der Waals surface area contributed by atoms with Crippen molar-refractivity contribution in [3.05, 3.63) is 47.7 Å². The van der Waals surface area contributed by atoms with Crippen molar-refractivity contribution in [3.63, 3.8) is 0 Å². The van der Waals surface area contributed by atoms with E-state index in [1.165, 1.54) is 19.4 Å². The highest BCUT2D eigenvalue weighted by Gasteiger charge is 2.15. The Bertz CT molecular complexity index is 594. The minimum Gasteiger partial charge on any atom is -0.465 e. The first-order valence-corrected chi connectivity index (χ1v) is 5.68. The molecule has 5 nitrogen and oxygen atoms in total. The van der Waals surface area contributed by atoms with Crippen LogP contribution in [0.4, 0.5) is 5.82 Å². The van der Waals surface area contributed by atoms with Crippen LogP contribution < -0.4 is 10.5 Å². The number of hydrogen-bond donors (Lipinski definition) is 1. The van der Waals surface area contributed by atoms with Crippen LogP contribution in [0, 0.1) is 6.92 Å². The van der Waals surface area contributed by atoms with Gasteiger partial charge in [0.1, 0.15) is 17.1 Å². The van der Waals surface area contributed by atoms with E-state index in [2.05, 4.69) is 9.72 Å². The number of aromatic nitrogens is 1. The molecular weight excluding hydrogens is 244 g/mol. The van der Waals surface area contributed by atoms with Gasteiger partial charge in [-0.2, -0.15) is 0 Å². The number of nitrogen functional groups attached to an aromatic ring is 1. The predicted octanol–water partition coefficient (Wildman–Crippen LogP) is 2.55. The quantitative estimate of drug-likeness (QED) is 0.856. The minimum absolute atomic E-state index is 0.233. The predicted molar refractivity (Wildman–Crippen MR) is 71.2 cm³/mol. The van der Waals surface area contributed by atoms with Gasteiger partial charge in [0.05, 0.1) is 13.3 Å². The maximum Gasteiger partial charge on any atom is 0.341 e. The first-order chi connectivity index (χ1) is 9.10. The topological polar surface area (TPSA) is 74.4 Å². The molecule has 0 amide bonds. The van der Waals surface area contributed by atoms with Crippen molar-refractivity contribution >= 4 is 11.8 Å². The summed E-state index contributed by atoms with van der Waals surface area (Å²) in [5.41, 5.74) is 6.93. The zero-order chi connectivity index (χ0) is 13.8. The van der Waals surface area contributed by atoms with Crippen LogP contribution in [0.15, 0.2) is 36.5 Å². The van der Waals surface area contributed by atoms with E-state index in [-0.39, 0.29) is 11.4 Å². The summed E-state index contributed by atoms with van der Waals surface area (Å²) < 4.78 is 10.3. The third-order valence-corrected chi connectivity index (χ3v) is 2.54. The van der Waals surface area contributed by atoms with Crippen molar-refractivity contribution in [1.29, 1.82) is 0 Å². The molecule has 5 heteroatoms. The van der Waals surface area contributed by atoms with Crippen molar-refractivity contribution in [2.75, 3.05) is 12.8 Å². The average molecular weight is 258 g/mol. The number of pyridine rings is 1. The number of nitrogens with zero attached hydrogens (tertiary/aromatic N) is 1. The van der Waals surface area contributed by atoms with Gasteiger partial charge in [0.2, 0.25) is 0 Å². The number of carbonyl (C=O) groups excluding carboxylic acids is 1. The molecule has 0 aliphatic heterocycles. The van der Waals surface area contributed by atoms with Crippen molar-refractivity contribution in [2.24, 2.45) is 0 Å². The fourth-order valence-corrected chi connectivity index (χ4v) is 1.54. The van der Waals surface area contributed by atoms with E-state index >= 15 is 0 Å². The summed E-state index contributed by atoms with van der Waals surface area (Å²) in [4.78, 5) is 15.6. The molecule has 2 N–H and O–H groups in total. The van der Waals surface area contributed by atoms with Gasteiger partial charge in [-0.3, -0.25) is 0 Å². The zero-order valence-corrected chi connectivity index (χ0v) is 10.7. The standard InChI is InChI=1S/C14H14N2O3/c1-9-3-5-10(6-4-9)19-12-8-16-13(15)7-11(12)14(17)18-2/h3-8H,1-2H3,(H2,15,16). The van der Waals surface area contributed by atoms with Crippen molar-refractivity contribution in [1.82, 2.24) is 4.98 Å². The summed E-state index contributed by atoms with van der Waals surface area (Å²) in [5, 5.41) is 0. The van der Waals surface area contributed by atoms with Gasteiger partial charge in [-0.25, -0.2) is 9.78 Å². The van der Waals surface area contributed by atoms with Gasteiger partial charge >= 0.3 is 5.97 Å². The maximum atomic E-state index is 11.6. The zero-order valence-electron chi connectivity index (χ0n) is 10.7.